The topological polar surface area (TPSA) is 22.1 Å². The first-order valence-electron chi connectivity index (χ1n) is 6.00. The number of benzene rings is 1. The summed E-state index contributed by atoms with van der Waals surface area (Å²) in [6, 6.07) is 8.74. The third-order valence-corrected chi connectivity index (χ3v) is 3.82. The van der Waals surface area contributed by atoms with Crippen molar-refractivity contribution in [3.8, 4) is 5.75 Å². The number of pyridine rings is 1. The lowest BCUT2D eigenvalue weighted by Gasteiger charge is -2.15. The number of rotatable bonds is 4. The molecular formula is C15H15BrFNO. The lowest BCUT2D eigenvalue weighted by Crippen LogP contribution is -2.04. The third-order valence-electron chi connectivity index (χ3n) is 3.04. The van der Waals surface area contributed by atoms with Crippen LogP contribution >= 0.6 is 15.9 Å². The van der Waals surface area contributed by atoms with Gasteiger partial charge in [-0.2, -0.15) is 0 Å². The summed E-state index contributed by atoms with van der Waals surface area (Å²) in [5.41, 5.74) is 2.59. The Hall–Kier alpha value is -1.42. The van der Waals surface area contributed by atoms with Crippen LogP contribution in [0.4, 0.5) is 4.39 Å². The van der Waals surface area contributed by atoms with Gasteiger partial charge in [-0.1, -0.05) is 28.1 Å². The number of halogens is 2. The molecule has 100 valence electrons. The highest BCUT2D eigenvalue weighted by atomic mass is 79.9. The summed E-state index contributed by atoms with van der Waals surface area (Å²) < 4.78 is 19.2. The highest BCUT2D eigenvalue weighted by Gasteiger charge is 2.19. The Morgan fingerprint density at radius 1 is 1.32 bits per heavy atom. The van der Waals surface area contributed by atoms with Gasteiger partial charge in [0.05, 0.1) is 11.9 Å². The maximum Gasteiger partial charge on any atom is 0.131 e. The summed E-state index contributed by atoms with van der Waals surface area (Å²) in [5, 5.41) is 0. The molecule has 0 N–H and O–H groups in total. The lowest BCUT2D eigenvalue weighted by molar-refractivity contribution is 0.404. The zero-order valence-electron chi connectivity index (χ0n) is 10.9. The molecule has 0 aliphatic carbocycles. The second-order valence-electron chi connectivity index (χ2n) is 4.29. The van der Waals surface area contributed by atoms with E-state index in [1.807, 2.05) is 19.1 Å². The molecule has 4 heteroatoms. The molecule has 2 rings (SSSR count). The monoisotopic (exact) mass is 323 g/mol. The molecule has 0 aliphatic rings. The van der Waals surface area contributed by atoms with Crippen LogP contribution in [0.15, 0.2) is 36.5 Å². The minimum Gasteiger partial charge on any atom is -0.496 e. The van der Waals surface area contributed by atoms with Crippen molar-refractivity contribution in [1.29, 1.82) is 0 Å². The quantitative estimate of drug-likeness (QED) is 0.786. The molecule has 0 bridgehead atoms. The standard InChI is InChI=1S/C15H15BrFNO/c1-10-5-4-8-18-13(10)9-11(16)15-12(17)6-3-7-14(15)19-2/h3-8,11H,9H2,1-2H3. The van der Waals surface area contributed by atoms with E-state index in [1.54, 1.807) is 25.4 Å². The Kier molecular flexibility index (Phi) is 4.53. The number of hydrogen-bond acceptors (Lipinski definition) is 2. The van der Waals surface area contributed by atoms with Crippen molar-refractivity contribution in [2.75, 3.05) is 7.11 Å². The van der Waals surface area contributed by atoms with Gasteiger partial charge in [0.25, 0.3) is 0 Å². The van der Waals surface area contributed by atoms with E-state index in [0.29, 0.717) is 17.7 Å². The van der Waals surface area contributed by atoms with E-state index < -0.39 is 0 Å². The van der Waals surface area contributed by atoms with Crippen LogP contribution in [0.1, 0.15) is 21.6 Å². The van der Waals surface area contributed by atoms with Crippen LogP contribution in [0, 0.1) is 12.7 Å². The van der Waals surface area contributed by atoms with Crippen molar-refractivity contribution >= 4 is 15.9 Å². The summed E-state index contributed by atoms with van der Waals surface area (Å²) in [7, 11) is 1.55. The number of aryl methyl sites for hydroxylation is 1. The van der Waals surface area contributed by atoms with Gasteiger partial charge >= 0.3 is 0 Å². The van der Waals surface area contributed by atoms with Crippen LogP contribution in [-0.4, -0.2) is 12.1 Å². The van der Waals surface area contributed by atoms with Gasteiger partial charge in [-0.25, -0.2) is 4.39 Å². The summed E-state index contributed by atoms with van der Waals surface area (Å²) in [6.45, 7) is 2.00. The fourth-order valence-corrected chi connectivity index (χ4v) is 2.75. The first-order valence-corrected chi connectivity index (χ1v) is 6.92. The number of aromatic nitrogens is 1. The van der Waals surface area contributed by atoms with E-state index in [0.717, 1.165) is 11.3 Å². The molecule has 0 aliphatic heterocycles. The summed E-state index contributed by atoms with van der Waals surface area (Å²) in [4.78, 5) is 4.17. The normalized spacial score (nSPS) is 12.2. The predicted molar refractivity (Wildman–Crippen MR) is 77.3 cm³/mol. The molecule has 1 aromatic carbocycles. The van der Waals surface area contributed by atoms with Crippen molar-refractivity contribution in [3.05, 3.63) is 59.2 Å². The van der Waals surface area contributed by atoms with Gasteiger partial charge in [0.2, 0.25) is 0 Å². The van der Waals surface area contributed by atoms with E-state index in [9.17, 15) is 4.39 Å². The lowest BCUT2D eigenvalue weighted by atomic mass is 10.0. The minimum atomic E-state index is -0.269. The fraction of sp³-hybridized carbons (Fsp3) is 0.267. The molecule has 1 atom stereocenters. The molecule has 2 aromatic rings. The van der Waals surface area contributed by atoms with Gasteiger partial charge in [-0.15, -0.1) is 0 Å². The number of methoxy groups -OCH3 is 1. The predicted octanol–water partition coefficient (Wildman–Crippen LogP) is 4.22. The molecule has 0 saturated heterocycles. The van der Waals surface area contributed by atoms with Crippen LogP contribution < -0.4 is 4.74 Å². The molecule has 0 radical (unpaired) electrons. The van der Waals surface area contributed by atoms with Crippen LogP contribution in [-0.2, 0) is 6.42 Å². The molecule has 0 spiro atoms. The van der Waals surface area contributed by atoms with Crippen molar-refractivity contribution in [3.63, 3.8) is 0 Å². The molecule has 1 aromatic heterocycles. The Morgan fingerprint density at radius 3 is 2.79 bits per heavy atom. The first kappa shape index (κ1) is 14.0. The van der Waals surface area contributed by atoms with Crippen molar-refractivity contribution in [1.82, 2.24) is 4.98 Å². The maximum absolute atomic E-state index is 14.0. The molecule has 2 nitrogen and oxygen atoms in total. The number of hydrogen-bond donors (Lipinski definition) is 0. The minimum absolute atomic E-state index is 0.169. The van der Waals surface area contributed by atoms with Crippen LogP contribution in [0.3, 0.4) is 0 Å². The average Bonchev–Trinajstić information content (AvgIpc) is 2.40. The Balaban J connectivity index is 2.30. The highest BCUT2D eigenvalue weighted by Crippen LogP contribution is 2.35. The molecule has 1 heterocycles. The largest absolute Gasteiger partial charge is 0.496 e. The van der Waals surface area contributed by atoms with Crippen molar-refractivity contribution < 1.29 is 9.13 Å². The molecule has 0 fully saturated rings. The van der Waals surface area contributed by atoms with Crippen LogP contribution in [0.5, 0.6) is 5.75 Å². The van der Waals surface area contributed by atoms with Gasteiger partial charge in [0, 0.05) is 23.9 Å². The number of alkyl halides is 1. The smallest absolute Gasteiger partial charge is 0.131 e. The fourth-order valence-electron chi connectivity index (χ4n) is 2.00. The second kappa shape index (κ2) is 6.15. The summed E-state index contributed by atoms with van der Waals surface area (Å²) >= 11 is 3.54. The third kappa shape index (κ3) is 3.13. The first-order chi connectivity index (χ1) is 9.13. The van der Waals surface area contributed by atoms with Gasteiger partial charge in [-0.3, -0.25) is 4.98 Å². The molecular weight excluding hydrogens is 309 g/mol. The van der Waals surface area contributed by atoms with E-state index in [2.05, 4.69) is 20.9 Å². The molecule has 0 saturated carbocycles. The van der Waals surface area contributed by atoms with Gasteiger partial charge < -0.3 is 4.74 Å². The van der Waals surface area contributed by atoms with Crippen LogP contribution in [0.25, 0.3) is 0 Å². The van der Waals surface area contributed by atoms with E-state index in [1.165, 1.54) is 6.07 Å². The zero-order valence-corrected chi connectivity index (χ0v) is 12.4. The van der Waals surface area contributed by atoms with Crippen molar-refractivity contribution in [2.45, 2.75) is 18.2 Å². The van der Waals surface area contributed by atoms with Gasteiger partial charge in [0.15, 0.2) is 0 Å². The summed E-state index contributed by atoms with van der Waals surface area (Å²) in [5.74, 6) is 0.283. The van der Waals surface area contributed by atoms with Gasteiger partial charge in [-0.05, 0) is 30.7 Å². The SMILES string of the molecule is COc1cccc(F)c1C(Br)Cc1ncccc1C. The Bertz CT molecular complexity index is 574. The number of nitrogens with zero attached hydrogens (tertiary/aromatic N) is 1. The average molecular weight is 324 g/mol. The highest BCUT2D eigenvalue weighted by molar-refractivity contribution is 9.09. The van der Waals surface area contributed by atoms with Gasteiger partial charge in [0.1, 0.15) is 11.6 Å². The molecule has 0 amide bonds. The van der Waals surface area contributed by atoms with E-state index in [-0.39, 0.29) is 10.6 Å². The molecule has 1 unspecified atom stereocenters. The van der Waals surface area contributed by atoms with E-state index >= 15 is 0 Å². The Morgan fingerprint density at radius 2 is 2.11 bits per heavy atom. The zero-order chi connectivity index (χ0) is 13.8. The maximum atomic E-state index is 14.0. The van der Waals surface area contributed by atoms with Crippen molar-refractivity contribution in [2.24, 2.45) is 0 Å². The summed E-state index contributed by atoms with van der Waals surface area (Å²) in [6.07, 6.45) is 2.37. The Labute approximate surface area is 120 Å². The van der Waals surface area contributed by atoms with Crippen LogP contribution in [0.2, 0.25) is 0 Å². The second-order valence-corrected chi connectivity index (χ2v) is 5.40. The molecule has 19 heavy (non-hydrogen) atoms. The number of ether oxygens (including phenoxy) is 1. The van der Waals surface area contributed by atoms with E-state index in [4.69, 9.17) is 4.74 Å².